The molecule has 0 amide bonds. The van der Waals surface area contributed by atoms with E-state index in [9.17, 15) is 25.5 Å². The number of aromatic nitrogens is 1. The Labute approximate surface area is 398 Å². The summed E-state index contributed by atoms with van der Waals surface area (Å²) in [6, 6.07) is 20.6. The molecular formula is C57H65N3O8. The van der Waals surface area contributed by atoms with E-state index in [1.165, 1.54) is 0 Å². The molecule has 68 heavy (non-hydrogen) atoms. The Morgan fingerprint density at radius 2 is 1.85 bits per heavy atom. The van der Waals surface area contributed by atoms with E-state index in [2.05, 4.69) is 59.0 Å². The number of dihydropyridines is 1. The van der Waals surface area contributed by atoms with Gasteiger partial charge in [0, 0.05) is 47.4 Å². The third-order valence-electron chi connectivity index (χ3n) is 15.8. The molecule has 2 aliphatic carbocycles. The SMILES string of the molecule is CC1CC=CC(COc2cc(C3CCc4c(ccc5cc(O)ccc45)NC4=CC(=CCN4)C4(CCCC4Cc4ccc[nH]4)C(C(O)CCc4ccc(O)c5c4CCCO5)C(=O)C3)cc(O)c2O)C1. The maximum Gasteiger partial charge on any atom is 0.200 e. The zero-order valence-electron chi connectivity index (χ0n) is 39.0. The van der Waals surface area contributed by atoms with Crippen molar-refractivity contribution in [3.63, 3.8) is 0 Å². The number of ether oxygens (including phenoxy) is 2. The number of anilines is 1. The number of aromatic amines is 1. The summed E-state index contributed by atoms with van der Waals surface area (Å²) in [7, 11) is 0. The van der Waals surface area contributed by atoms with E-state index in [4.69, 9.17) is 9.47 Å². The minimum absolute atomic E-state index is 0.0168. The Balaban J connectivity index is 1.10. The van der Waals surface area contributed by atoms with Gasteiger partial charge in [-0.1, -0.05) is 49.8 Å². The van der Waals surface area contributed by atoms with Crippen LogP contribution in [-0.2, 0) is 30.5 Å². The fourth-order valence-electron chi connectivity index (χ4n) is 12.6. The summed E-state index contributed by atoms with van der Waals surface area (Å²) in [6.07, 6.45) is 18.3. The Morgan fingerprint density at radius 1 is 0.956 bits per heavy atom. The third-order valence-corrected chi connectivity index (χ3v) is 15.8. The molecule has 11 heteroatoms. The molecule has 8 N–H and O–H groups in total. The van der Waals surface area contributed by atoms with Crippen molar-refractivity contribution >= 4 is 22.2 Å². The summed E-state index contributed by atoms with van der Waals surface area (Å²) in [5.41, 5.74) is 5.94. The van der Waals surface area contributed by atoms with Gasteiger partial charge in [-0.25, -0.2) is 0 Å². The van der Waals surface area contributed by atoms with Gasteiger partial charge in [0.05, 0.1) is 25.2 Å². The number of carbonyl (C=O) groups is 1. The van der Waals surface area contributed by atoms with Crippen LogP contribution in [0.4, 0.5) is 5.69 Å². The first-order valence-electron chi connectivity index (χ1n) is 24.9. The molecule has 7 unspecified atom stereocenters. The summed E-state index contributed by atoms with van der Waals surface area (Å²) >= 11 is 0. The van der Waals surface area contributed by atoms with Gasteiger partial charge in [0.15, 0.2) is 23.0 Å². The second-order valence-electron chi connectivity index (χ2n) is 20.2. The highest BCUT2D eigenvalue weighted by Gasteiger charge is 2.55. The average molecular weight is 920 g/mol. The van der Waals surface area contributed by atoms with Gasteiger partial charge >= 0.3 is 0 Å². The van der Waals surface area contributed by atoms with Crippen LogP contribution in [0.1, 0.15) is 98.6 Å². The largest absolute Gasteiger partial charge is 0.508 e. The Bertz CT molecular complexity index is 2760. The van der Waals surface area contributed by atoms with Crippen LogP contribution in [0.5, 0.6) is 34.5 Å². The number of allylic oxidation sites excluding steroid dienone is 3. The molecule has 10 rings (SSSR count). The Kier molecular flexibility index (Phi) is 12.9. The van der Waals surface area contributed by atoms with Crippen molar-refractivity contribution in [2.24, 2.45) is 29.1 Å². The number of H-pyrrole nitrogens is 1. The molecule has 0 saturated heterocycles. The summed E-state index contributed by atoms with van der Waals surface area (Å²) in [5.74, 6) is 0.561. The van der Waals surface area contributed by atoms with E-state index in [1.54, 1.807) is 30.3 Å². The maximum atomic E-state index is 16.1. The standard InChI is InChI=1S/C57H65N3O8/c1-34-6-2-7-35(26-34)33-68-52-30-39(29-51(65)55(52)66)37-11-16-46-44-17-15-43(61)27-38(44)12-18-47(46)60-53-32-41(21-24-59-53)57(22-3-8-40(57)31-42-9-4-23-58-42)54(50(64)28-37)48(62)19-13-36-14-20-49(63)56-45(36)10-5-25-67-56/h2,4,7,9,12,14-15,17-18,20-21,23,27,29-30,32,34-35,37,40,48,54,58-63,65-66H,3,5-6,8,10-11,13,16,19,22,24-26,28,31,33H2,1H3. The number of aryl methyl sites for hydroxylation is 2. The lowest BCUT2D eigenvalue weighted by molar-refractivity contribution is -0.134. The van der Waals surface area contributed by atoms with E-state index < -0.39 is 23.4 Å². The van der Waals surface area contributed by atoms with Gasteiger partial charge in [0.1, 0.15) is 17.4 Å². The smallest absolute Gasteiger partial charge is 0.200 e. The summed E-state index contributed by atoms with van der Waals surface area (Å²) in [6.45, 7) is 3.63. The number of aromatic hydroxyl groups is 4. The normalized spacial score (nSPS) is 25.3. The van der Waals surface area contributed by atoms with E-state index in [-0.39, 0.29) is 52.8 Å². The second-order valence-corrected chi connectivity index (χ2v) is 20.2. The lowest BCUT2D eigenvalue weighted by atomic mass is 9.58. The van der Waals surface area contributed by atoms with Crippen LogP contribution in [0.3, 0.4) is 0 Å². The maximum absolute atomic E-state index is 16.1. The zero-order valence-corrected chi connectivity index (χ0v) is 39.0. The summed E-state index contributed by atoms with van der Waals surface area (Å²) < 4.78 is 12.3. The number of ketones is 1. The van der Waals surface area contributed by atoms with E-state index in [0.29, 0.717) is 75.5 Å². The predicted molar refractivity (Wildman–Crippen MR) is 264 cm³/mol. The molecule has 1 fully saturated rings. The number of aliphatic hydroxyl groups is 1. The van der Waals surface area contributed by atoms with Crippen molar-refractivity contribution < 1.29 is 39.8 Å². The van der Waals surface area contributed by atoms with Crippen molar-refractivity contribution in [1.82, 2.24) is 10.3 Å². The molecular weight excluding hydrogens is 855 g/mol. The number of Topliss-reactive ketones (excluding diaryl/α,β-unsaturated/α-hetero) is 1. The average Bonchev–Trinajstić information content (AvgIpc) is 4.02. The van der Waals surface area contributed by atoms with Crippen molar-refractivity contribution in [3.05, 3.63) is 137 Å². The minimum atomic E-state index is -1.03. The van der Waals surface area contributed by atoms with E-state index >= 15 is 4.79 Å². The van der Waals surface area contributed by atoms with Crippen molar-refractivity contribution in [3.8, 4) is 34.5 Å². The molecule has 7 atom stereocenters. The molecule has 3 aliphatic heterocycles. The number of aliphatic hydroxyl groups excluding tert-OH is 1. The molecule has 0 radical (unpaired) electrons. The van der Waals surface area contributed by atoms with Gasteiger partial charge in [0.25, 0.3) is 0 Å². The van der Waals surface area contributed by atoms with Gasteiger partial charge in [-0.2, -0.15) is 0 Å². The number of benzene rings is 4. The fourth-order valence-corrected chi connectivity index (χ4v) is 12.6. The van der Waals surface area contributed by atoms with Crippen molar-refractivity contribution in [2.45, 2.75) is 102 Å². The van der Waals surface area contributed by atoms with Crippen LogP contribution >= 0.6 is 0 Å². The molecule has 5 aliphatic rings. The first kappa shape index (κ1) is 45.5. The number of phenols is 4. The molecule has 1 aromatic heterocycles. The highest BCUT2D eigenvalue weighted by molar-refractivity contribution is 5.91. The summed E-state index contributed by atoms with van der Waals surface area (Å²) in [5, 5.41) is 66.2. The first-order valence-corrected chi connectivity index (χ1v) is 24.9. The molecule has 1 saturated carbocycles. The Hall–Kier alpha value is -6.33. The summed E-state index contributed by atoms with van der Waals surface area (Å²) in [4.78, 5) is 19.6. The number of carbonyl (C=O) groups excluding carboxylic acids is 1. The van der Waals surface area contributed by atoms with Crippen LogP contribution < -0.4 is 20.1 Å². The van der Waals surface area contributed by atoms with Crippen LogP contribution in [0.25, 0.3) is 10.8 Å². The molecule has 2 bridgehead atoms. The quantitative estimate of drug-likeness (QED) is 0.0497. The Morgan fingerprint density at radius 3 is 2.71 bits per heavy atom. The van der Waals surface area contributed by atoms with Crippen molar-refractivity contribution in [2.75, 3.05) is 25.1 Å². The van der Waals surface area contributed by atoms with Gasteiger partial charge in [0.2, 0.25) is 5.75 Å². The lowest BCUT2D eigenvalue weighted by Crippen LogP contribution is -2.48. The van der Waals surface area contributed by atoms with Gasteiger partial charge in [-0.3, -0.25) is 4.79 Å². The number of nitrogens with one attached hydrogen (secondary N) is 3. The first-order chi connectivity index (χ1) is 33.0. The van der Waals surface area contributed by atoms with Gasteiger partial charge in [-0.05, 0) is 176 Å². The number of phenolic OH excluding ortho intramolecular Hbond substituents is 4. The van der Waals surface area contributed by atoms with E-state index in [0.717, 1.165) is 88.8 Å². The number of hydrogen-bond donors (Lipinski definition) is 8. The molecule has 1 spiro atoms. The third kappa shape index (κ3) is 9.05. The van der Waals surface area contributed by atoms with Crippen LogP contribution in [-0.4, -0.2) is 62.2 Å². The molecule has 11 nitrogen and oxygen atoms in total. The zero-order chi connectivity index (χ0) is 46.9. The van der Waals surface area contributed by atoms with Crippen LogP contribution in [0, 0.1) is 29.1 Å². The van der Waals surface area contributed by atoms with E-state index in [1.807, 2.05) is 30.5 Å². The topological polar surface area (TPSA) is 177 Å². The molecule has 5 aromatic rings. The van der Waals surface area contributed by atoms with Crippen LogP contribution in [0.15, 0.2) is 109 Å². The fraction of sp³-hybridized carbons (Fsp3) is 0.421. The monoisotopic (exact) mass is 919 g/mol. The second kappa shape index (κ2) is 19.3. The highest BCUT2D eigenvalue weighted by atomic mass is 16.5. The van der Waals surface area contributed by atoms with Gasteiger partial charge in [-0.15, -0.1) is 0 Å². The highest BCUT2D eigenvalue weighted by Crippen LogP contribution is 2.58. The minimum Gasteiger partial charge on any atom is -0.508 e. The molecule has 356 valence electrons. The predicted octanol–water partition coefficient (Wildman–Crippen LogP) is 10.4. The van der Waals surface area contributed by atoms with Crippen LogP contribution in [0.2, 0.25) is 0 Å². The number of rotatable bonds is 10. The molecule has 4 heterocycles. The van der Waals surface area contributed by atoms with Gasteiger partial charge < -0.3 is 50.6 Å². The van der Waals surface area contributed by atoms with Crippen molar-refractivity contribution in [1.29, 1.82) is 0 Å². The number of hydrogen-bond acceptors (Lipinski definition) is 10. The molecule has 4 aromatic carbocycles. The number of fused-ring (bicyclic) bond motifs is 6. The lowest BCUT2D eigenvalue weighted by Gasteiger charge is -2.46.